The van der Waals surface area contributed by atoms with Crippen LogP contribution in [0.25, 0.3) is 27.3 Å². The van der Waals surface area contributed by atoms with E-state index in [-0.39, 0.29) is 35.7 Å². The number of H-pyrrole nitrogens is 1. The normalized spacial score (nSPS) is 20.1. The minimum atomic E-state index is -0.699. The molecule has 4 amide bonds. The van der Waals surface area contributed by atoms with Crippen molar-refractivity contribution in [3.05, 3.63) is 52.9 Å². The molecule has 4 atom stereocenters. The van der Waals surface area contributed by atoms with Crippen LogP contribution in [0.3, 0.4) is 0 Å². The van der Waals surface area contributed by atoms with Crippen molar-refractivity contribution < 1.29 is 33.4 Å². The molecule has 6 heterocycles. The van der Waals surface area contributed by atoms with Crippen LogP contribution in [-0.2, 0) is 25.5 Å². The van der Waals surface area contributed by atoms with Crippen molar-refractivity contribution >= 4 is 46.6 Å². The number of thiophene rings is 1. The molecule has 0 unspecified atom stereocenters. The Morgan fingerprint density at radius 2 is 1.55 bits per heavy atom. The predicted octanol–water partition coefficient (Wildman–Crippen LogP) is 6.34. The summed E-state index contributed by atoms with van der Waals surface area (Å²) in [5.74, 6) is 1.06. The van der Waals surface area contributed by atoms with Crippen molar-refractivity contribution in [2.75, 3.05) is 33.9 Å². The lowest BCUT2D eigenvalue weighted by atomic mass is 9.99. The molecule has 15 heteroatoms. The summed E-state index contributed by atoms with van der Waals surface area (Å²) >= 11 is 1.74. The van der Waals surface area contributed by atoms with Gasteiger partial charge in [0.15, 0.2) is 0 Å². The molecule has 2 fully saturated rings. The average molecular weight is 786 g/mol. The number of hydrogen-bond donors (Lipinski definition) is 3. The highest BCUT2D eigenvalue weighted by Crippen LogP contribution is 2.45. The Labute approximate surface area is 331 Å². The number of imidazole rings is 1. The van der Waals surface area contributed by atoms with E-state index in [1.807, 2.05) is 43.7 Å². The highest BCUT2D eigenvalue weighted by Gasteiger charge is 2.40. The summed E-state index contributed by atoms with van der Waals surface area (Å²) in [7, 11) is 2.59. The summed E-state index contributed by atoms with van der Waals surface area (Å²) in [5.41, 5.74) is 6.14. The zero-order valence-electron chi connectivity index (χ0n) is 32.8. The summed E-state index contributed by atoms with van der Waals surface area (Å²) < 4.78 is 15.9. The second kappa shape index (κ2) is 16.5. The first-order valence-corrected chi connectivity index (χ1v) is 20.3. The molecular weight excluding hydrogens is 735 g/mol. The Hall–Kier alpha value is -5.18. The van der Waals surface area contributed by atoms with Gasteiger partial charge in [0, 0.05) is 58.7 Å². The number of likely N-dealkylation sites (tertiary alicyclic amines) is 2. The number of benzene rings is 1. The topological polar surface area (TPSA) is 168 Å². The fourth-order valence-electron chi connectivity index (χ4n) is 8.17. The molecule has 3 N–H and O–H groups in total. The lowest BCUT2D eigenvalue weighted by Gasteiger charge is -2.31. The number of aliphatic imine (C=N–C) groups is 1. The van der Waals surface area contributed by atoms with Crippen LogP contribution in [0.2, 0.25) is 0 Å². The van der Waals surface area contributed by atoms with Gasteiger partial charge in [-0.15, -0.1) is 11.3 Å². The van der Waals surface area contributed by atoms with Crippen LogP contribution >= 0.6 is 11.3 Å². The number of carbonyl (C=O) groups excluding carboxylic acids is 4. The Bertz CT molecular complexity index is 2050. The number of methoxy groups -OCH3 is 2. The molecule has 0 spiro atoms. The second-order valence-electron chi connectivity index (χ2n) is 15.5. The molecule has 0 radical (unpaired) electrons. The number of alkyl carbamates (subject to hydrolysis) is 2. The number of ether oxygens (including phenoxy) is 3. The minimum Gasteiger partial charge on any atom is -0.493 e. The fourth-order valence-corrected chi connectivity index (χ4v) is 9.42. The fraction of sp³-hybridized carbons (Fsp3) is 0.512. The molecule has 3 aromatic rings. The average Bonchev–Trinajstić information content (AvgIpc) is 4.04. The number of fused-ring (bicyclic) bond motifs is 3. The summed E-state index contributed by atoms with van der Waals surface area (Å²) in [6, 6.07) is 6.78. The van der Waals surface area contributed by atoms with E-state index in [0.29, 0.717) is 31.9 Å². The number of allylic oxidation sites excluding steroid dienone is 1. The van der Waals surface area contributed by atoms with Gasteiger partial charge in [-0.3, -0.25) is 14.6 Å². The predicted molar refractivity (Wildman–Crippen MR) is 213 cm³/mol. The maximum absolute atomic E-state index is 13.7. The van der Waals surface area contributed by atoms with Crippen molar-refractivity contribution in [2.45, 2.75) is 90.4 Å². The molecule has 4 aliphatic rings. The quantitative estimate of drug-likeness (QED) is 0.214. The number of nitrogens with zero attached hydrogens (tertiary/aromatic N) is 4. The van der Waals surface area contributed by atoms with Crippen LogP contribution in [0.5, 0.6) is 5.75 Å². The summed E-state index contributed by atoms with van der Waals surface area (Å²) in [6.07, 6.45) is 7.28. The number of amides is 4. The van der Waals surface area contributed by atoms with Gasteiger partial charge in [-0.2, -0.15) is 0 Å². The van der Waals surface area contributed by atoms with Crippen molar-refractivity contribution in [3.8, 4) is 27.4 Å². The second-order valence-corrected chi connectivity index (χ2v) is 16.6. The van der Waals surface area contributed by atoms with Crippen LogP contribution in [-0.4, -0.2) is 102 Å². The number of hydrogen-bond acceptors (Lipinski definition) is 10. The molecule has 2 aromatic heterocycles. The Morgan fingerprint density at radius 1 is 0.911 bits per heavy atom. The van der Waals surface area contributed by atoms with E-state index in [9.17, 15) is 19.2 Å². The van der Waals surface area contributed by atoms with Gasteiger partial charge < -0.3 is 39.6 Å². The summed E-state index contributed by atoms with van der Waals surface area (Å²) in [5, 5.41) is 5.43. The third-order valence-electron chi connectivity index (χ3n) is 11.2. The van der Waals surface area contributed by atoms with Crippen molar-refractivity contribution in [2.24, 2.45) is 16.8 Å². The van der Waals surface area contributed by atoms with E-state index in [1.165, 1.54) is 24.7 Å². The van der Waals surface area contributed by atoms with Gasteiger partial charge in [0.25, 0.3) is 0 Å². The van der Waals surface area contributed by atoms with Crippen LogP contribution in [0.15, 0.2) is 41.7 Å². The van der Waals surface area contributed by atoms with Gasteiger partial charge in [0.1, 0.15) is 23.7 Å². The van der Waals surface area contributed by atoms with E-state index >= 15 is 0 Å². The van der Waals surface area contributed by atoms with E-state index in [1.54, 1.807) is 17.5 Å². The Kier molecular flexibility index (Phi) is 11.5. The van der Waals surface area contributed by atoms with Gasteiger partial charge >= 0.3 is 12.2 Å². The first-order chi connectivity index (χ1) is 27.0. The van der Waals surface area contributed by atoms with Crippen molar-refractivity contribution in [3.63, 3.8) is 0 Å². The summed E-state index contributed by atoms with van der Waals surface area (Å²) in [4.78, 5) is 70.4. The van der Waals surface area contributed by atoms with Crippen LogP contribution in [0, 0.1) is 11.8 Å². The molecule has 56 heavy (non-hydrogen) atoms. The molecule has 1 aromatic carbocycles. The molecule has 298 valence electrons. The van der Waals surface area contributed by atoms with Gasteiger partial charge in [-0.25, -0.2) is 14.6 Å². The highest BCUT2D eigenvalue weighted by atomic mass is 32.1. The first-order valence-electron chi connectivity index (χ1n) is 19.5. The standard InChI is InChI=1S/C41H51N7O7S/c1-22(2)34(45-40(51)53-5)38(49)47-14-7-9-30(47)28-17-26(20-42-28)33-19-25-13-16-55-32-18-24(11-12-27(32)36(25)56-33)29-21-43-37(44-29)31-10-8-15-48(31)39(50)35(23(3)4)46-41(52)54-6/h11-12,18-23,30-31,34-35H,7-10,13-17H2,1-6H3,(H,43,44)(H,45,51)(H,46,52)/t30-,31-,34-,35-/m0/s1. The van der Waals surface area contributed by atoms with Crippen molar-refractivity contribution in [1.82, 2.24) is 30.4 Å². The number of carbonyl (C=O) groups is 4. The monoisotopic (exact) mass is 785 g/mol. The number of aromatic nitrogens is 2. The minimum absolute atomic E-state index is 0.0922. The van der Waals surface area contributed by atoms with Crippen molar-refractivity contribution in [1.29, 1.82) is 0 Å². The van der Waals surface area contributed by atoms with E-state index in [2.05, 4.69) is 39.9 Å². The van der Waals surface area contributed by atoms with Gasteiger partial charge in [-0.05, 0) is 66.9 Å². The first kappa shape index (κ1) is 39.1. The molecule has 2 saturated heterocycles. The van der Waals surface area contributed by atoms with E-state index < -0.39 is 24.3 Å². The summed E-state index contributed by atoms with van der Waals surface area (Å²) in [6.45, 7) is 9.40. The molecule has 4 aliphatic heterocycles. The molecule has 14 nitrogen and oxygen atoms in total. The Morgan fingerprint density at radius 3 is 2.20 bits per heavy atom. The van der Waals surface area contributed by atoms with Gasteiger partial charge in [0.2, 0.25) is 11.8 Å². The van der Waals surface area contributed by atoms with Gasteiger partial charge in [-0.1, -0.05) is 33.8 Å². The van der Waals surface area contributed by atoms with Crippen LogP contribution in [0.4, 0.5) is 9.59 Å². The molecule has 0 bridgehead atoms. The third kappa shape index (κ3) is 7.78. The molecule has 0 saturated carbocycles. The largest absolute Gasteiger partial charge is 0.493 e. The Balaban J connectivity index is 1.05. The maximum atomic E-state index is 13.7. The SMILES string of the molecule is COC(=O)N[C@H](C(=O)N1CCC[C@H]1C1=NC=C(c2cc3c(s2)-c2ccc(-c4cnc([C@@H]5CCCN5C(=O)[C@@H](NC(=O)OC)C(C)C)[nH]4)cc2OCC3)C1)C(C)C. The maximum Gasteiger partial charge on any atom is 0.407 e. The number of rotatable bonds is 10. The van der Waals surface area contributed by atoms with Gasteiger partial charge in [0.05, 0.1) is 44.8 Å². The lowest BCUT2D eigenvalue weighted by Crippen LogP contribution is -2.53. The number of nitrogens with one attached hydrogen (secondary N) is 3. The van der Waals surface area contributed by atoms with Crippen LogP contribution < -0.4 is 15.4 Å². The zero-order chi connectivity index (χ0) is 39.7. The number of aromatic amines is 1. The zero-order valence-corrected chi connectivity index (χ0v) is 33.7. The van der Waals surface area contributed by atoms with E-state index in [0.717, 1.165) is 70.8 Å². The molecular formula is C41H51N7O7S. The smallest absolute Gasteiger partial charge is 0.407 e. The van der Waals surface area contributed by atoms with Crippen LogP contribution in [0.1, 0.15) is 82.1 Å². The molecule has 0 aliphatic carbocycles. The third-order valence-corrected chi connectivity index (χ3v) is 12.5. The molecule has 7 rings (SSSR count). The van der Waals surface area contributed by atoms with E-state index in [4.69, 9.17) is 24.2 Å². The lowest BCUT2D eigenvalue weighted by molar-refractivity contribution is -0.135. The highest BCUT2D eigenvalue weighted by molar-refractivity contribution is 7.16.